The van der Waals surface area contributed by atoms with Crippen LogP contribution in [0.25, 0.3) is 0 Å². The van der Waals surface area contributed by atoms with Crippen LogP contribution in [0, 0.1) is 11.3 Å². The first-order chi connectivity index (χ1) is 11.8. The van der Waals surface area contributed by atoms with E-state index in [0.29, 0.717) is 6.04 Å². The Labute approximate surface area is 145 Å². The molecule has 2 heterocycles. The molecule has 0 aliphatic carbocycles. The molecular weight excluding hydrogens is 300 g/mol. The number of piperazine rings is 1. The molecule has 2 fully saturated rings. The molecule has 0 spiro atoms. The van der Waals surface area contributed by atoms with Crippen molar-refractivity contribution in [3.8, 4) is 6.07 Å². The smallest absolute Gasteiger partial charge is 0.123 e. The second-order valence-corrected chi connectivity index (χ2v) is 6.78. The van der Waals surface area contributed by atoms with Crippen LogP contribution in [0.4, 0.5) is 0 Å². The number of ether oxygens (including phenoxy) is 1. The van der Waals surface area contributed by atoms with Gasteiger partial charge in [-0.05, 0) is 12.5 Å². The van der Waals surface area contributed by atoms with Crippen molar-refractivity contribution in [2.45, 2.75) is 19.0 Å². The molecule has 130 valence electrons. The Bertz CT molecular complexity index is 530. The van der Waals surface area contributed by atoms with Gasteiger partial charge < -0.3 is 4.74 Å². The molecule has 1 aromatic rings. The standard InChI is InChI=1S/C19H28N4O/c1-17(16-21-11-13-24-14-12-21)22-7-9-23(10-8-22)19(15-20)18-5-3-2-4-6-18/h2-6,17,19H,7-14,16H2,1H3/t17-,19-/m0/s1. The summed E-state index contributed by atoms with van der Waals surface area (Å²) in [5.41, 5.74) is 1.11. The van der Waals surface area contributed by atoms with Crippen LogP contribution >= 0.6 is 0 Å². The van der Waals surface area contributed by atoms with E-state index in [0.717, 1.165) is 64.6 Å². The largest absolute Gasteiger partial charge is 0.379 e. The van der Waals surface area contributed by atoms with Gasteiger partial charge in [0.05, 0.1) is 19.3 Å². The highest BCUT2D eigenvalue weighted by Crippen LogP contribution is 2.22. The second kappa shape index (κ2) is 8.59. The van der Waals surface area contributed by atoms with Crippen molar-refractivity contribution in [2.75, 3.05) is 59.0 Å². The molecule has 2 saturated heterocycles. The first-order valence-electron chi connectivity index (χ1n) is 9.00. The van der Waals surface area contributed by atoms with E-state index in [1.807, 2.05) is 18.2 Å². The molecule has 0 bridgehead atoms. The number of benzene rings is 1. The molecule has 0 aromatic heterocycles. The molecule has 2 aliphatic rings. The first kappa shape index (κ1) is 17.4. The Kier molecular flexibility index (Phi) is 6.22. The maximum atomic E-state index is 9.60. The summed E-state index contributed by atoms with van der Waals surface area (Å²) in [5, 5.41) is 9.60. The summed E-state index contributed by atoms with van der Waals surface area (Å²) in [6.45, 7) is 11.3. The van der Waals surface area contributed by atoms with Gasteiger partial charge in [-0.2, -0.15) is 5.26 Å². The highest BCUT2D eigenvalue weighted by molar-refractivity contribution is 5.24. The fourth-order valence-corrected chi connectivity index (χ4v) is 3.71. The Balaban J connectivity index is 1.50. The van der Waals surface area contributed by atoms with E-state index in [9.17, 15) is 5.26 Å². The Morgan fingerprint density at radius 2 is 1.62 bits per heavy atom. The topological polar surface area (TPSA) is 42.7 Å². The minimum Gasteiger partial charge on any atom is -0.379 e. The number of nitriles is 1. The van der Waals surface area contributed by atoms with Crippen molar-refractivity contribution in [3.05, 3.63) is 35.9 Å². The van der Waals surface area contributed by atoms with Crippen LogP contribution in [0.2, 0.25) is 0 Å². The van der Waals surface area contributed by atoms with E-state index in [1.165, 1.54) is 0 Å². The summed E-state index contributed by atoms with van der Waals surface area (Å²) < 4.78 is 5.43. The lowest BCUT2D eigenvalue weighted by atomic mass is 10.1. The van der Waals surface area contributed by atoms with E-state index in [-0.39, 0.29) is 6.04 Å². The van der Waals surface area contributed by atoms with E-state index in [1.54, 1.807) is 0 Å². The van der Waals surface area contributed by atoms with E-state index < -0.39 is 0 Å². The van der Waals surface area contributed by atoms with Crippen LogP contribution in [0.5, 0.6) is 0 Å². The molecule has 0 unspecified atom stereocenters. The molecule has 0 amide bonds. The third kappa shape index (κ3) is 4.34. The van der Waals surface area contributed by atoms with Gasteiger partial charge in [0.1, 0.15) is 6.04 Å². The predicted octanol–water partition coefficient (Wildman–Crippen LogP) is 1.59. The van der Waals surface area contributed by atoms with Crippen molar-refractivity contribution in [3.63, 3.8) is 0 Å². The Morgan fingerprint density at radius 3 is 2.25 bits per heavy atom. The molecule has 0 radical (unpaired) electrons. The molecule has 0 N–H and O–H groups in total. The van der Waals surface area contributed by atoms with Gasteiger partial charge in [-0.15, -0.1) is 0 Å². The summed E-state index contributed by atoms with van der Waals surface area (Å²) in [5.74, 6) is 0. The molecule has 5 nitrogen and oxygen atoms in total. The number of nitrogens with zero attached hydrogens (tertiary/aromatic N) is 4. The van der Waals surface area contributed by atoms with Crippen molar-refractivity contribution >= 4 is 0 Å². The lowest BCUT2D eigenvalue weighted by Gasteiger charge is -2.41. The molecule has 24 heavy (non-hydrogen) atoms. The lowest BCUT2D eigenvalue weighted by molar-refractivity contribution is 0.0159. The monoisotopic (exact) mass is 328 g/mol. The zero-order valence-corrected chi connectivity index (χ0v) is 14.6. The molecule has 5 heteroatoms. The molecule has 1 aromatic carbocycles. The van der Waals surface area contributed by atoms with Gasteiger partial charge in [0.2, 0.25) is 0 Å². The van der Waals surface area contributed by atoms with Gasteiger partial charge in [-0.25, -0.2) is 0 Å². The number of hydrogen-bond donors (Lipinski definition) is 0. The van der Waals surface area contributed by atoms with E-state index in [4.69, 9.17) is 4.74 Å². The van der Waals surface area contributed by atoms with Crippen molar-refractivity contribution < 1.29 is 4.74 Å². The summed E-state index contributed by atoms with van der Waals surface area (Å²) in [7, 11) is 0. The van der Waals surface area contributed by atoms with Crippen LogP contribution in [0.1, 0.15) is 18.5 Å². The van der Waals surface area contributed by atoms with Gasteiger partial charge in [0.15, 0.2) is 0 Å². The van der Waals surface area contributed by atoms with Crippen molar-refractivity contribution in [1.82, 2.24) is 14.7 Å². The Hall–Kier alpha value is -1.45. The van der Waals surface area contributed by atoms with Crippen LogP contribution < -0.4 is 0 Å². The third-order valence-electron chi connectivity index (χ3n) is 5.20. The van der Waals surface area contributed by atoms with Gasteiger partial charge in [-0.1, -0.05) is 30.3 Å². The Morgan fingerprint density at radius 1 is 1.00 bits per heavy atom. The summed E-state index contributed by atoms with van der Waals surface area (Å²) in [6.07, 6.45) is 0. The zero-order valence-electron chi connectivity index (χ0n) is 14.6. The lowest BCUT2D eigenvalue weighted by Crippen LogP contribution is -2.53. The summed E-state index contributed by atoms with van der Waals surface area (Å²) >= 11 is 0. The van der Waals surface area contributed by atoms with Crippen LogP contribution in [0.3, 0.4) is 0 Å². The highest BCUT2D eigenvalue weighted by Gasteiger charge is 2.27. The maximum absolute atomic E-state index is 9.60. The normalized spacial score (nSPS) is 23.5. The van der Waals surface area contributed by atoms with Crippen LogP contribution in [0.15, 0.2) is 30.3 Å². The summed E-state index contributed by atoms with van der Waals surface area (Å²) in [6, 6.07) is 13.1. The molecular formula is C19H28N4O. The predicted molar refractivity (Wildman–Crippen MR) is 94.7 cm³/mol. The van der Waals surface area contributed by atoms with Gasteiger partial charge in [0, 0.05) is 51.9 Å². The fraction of sp³-hybridized carbons (Fsp3) is 0.632. The fourth-order valence-electron chi connectivity index (χ4n) is 3.71. The molecule has 2 atom stereocenters. The number of rotatable bonds is 5. The van der Waals surface area contributed by atoms with E-state index >= 15 is 0 Å². The third-order valence-corrected chi connectivity index (χ3v) is 5.20. The van der Waals surface area contributed by atoms with Gasteiger partial charge in [-0.3, -0.25) is 14.7 Å². The zero-order chi connectivity index (χ0) is 16.8. The highest BCUT2D eigenvalue weighted by atomic mass is 16.5. The van der Waals surface area contributed by atoms with Crippen LogP contribution in [-0.2, 0) is 4.74 Å². The average Bonchev–Trinajstić information content (AvgIpc) is 2.65. The maximum Gasteiger partial charge on any atom is 0.123 e. The quantitative estimate of drug-likeness (QED) is 0.821. The van der Waals surface area contributed by atoms with Crippen molar-refractivity contribution in [2.24, 2.45) is 0 Å². The first-order valence-corrected chi connectivity index (χ1v) is 9.00. The molecule has 0 saturated carbocycles. The van der Waals surface area contributed by atoms with Gasteiger partial charge >= 0.3 is 0 Å². The minimum atomic E-state index is -0.122. The second-order valence-electron chi connectivity index (χ2n) is 6.78. The average molecular weight is 328 g/mol. The number of morpholine rings is 1. The number of hydrogen-bond acceptors (Lipinski definition) is 5. The van der Waals surface area contributed by atoms with Gasteiger partial charge in [0.25, 0.3) is 0 Å². The SMILES string of the molecule is C[C@@H](CN1CCOCC1)N1CCN([C@@H](C#N)c2ccccc2)CC1. The van der Waals surface area contributed by atoms with Crippen LogP contribution in [-0.4, -0.2) is 79.8 Å². The minimum absolute atomic E-state index is 0.122. The summed E-state index contributed by atoms with van der Waals surface area (Å²) in [4.78, 5) is 7.38. The van der Waals surface area contributed by atoms with E-state index in [2.05, 4.69) is 39.8 Å². The molecule has 3 rings (SSSR count). The molecule has 2 aliphatic heterocycles. The van der Waals surface area contributed by atoms with Crippen molar-refractivity contribution in [1.29, 1.82) is 5.26 Å².